The van der Waals surface area contributed by atoms with Gasteiger partial charge < -0.3 is 15.0 Å². The highest BCUT2D eigenvalue weighted by Gasteiger charge is 2.44. The van der Waals surface area contributed by atoms with Crippen molar-refractivity contribution in [2.24, 2.45) is 0 Å². The van der Waals surface area contributed by atoms with Crippen LogP contribution in [0.5, 0.6) is 5.88 Å². The van der Waals surface area contributed by atoms with Crippen molar-refractivity contribution >= 4 is 23.9 Å². The Morgan fingerprint density at radius 3 is 3.08 bits per heavy atom. The fraction of sp³-hybridized carbons (Fsp3) is 0.353. The monoisotopic (exact) mass is 358 g/mol. The zero-order chi connectivity index (χ0) is 16.1. The molecule has 4 heterocycles. The van der Waals surface area contributed by atoms with Gasteiger partial charge in [-0.3, -0.25) is 0 Å². The molecule has 0 bridgehead atoms. The maximum Gasteiger partial charge on any atom is 0.221 e. The van der Waals surface area contributed by atoms with Gasteiger partial charge in [-0.25, -0.2) is 14.5 Å². The summed E-state index contributed by atoms with van der Waals surface area (Å²) in [6, 6.07) is 7.13. The number of anilines is 1. The summed E-state index contributed by atoms with van der Waals surface area (Å²) in [5.74, 6) is 1.60. The first-order chi connectivity index (χ1) is 11.8. The molecule has 0 radical (unpaired) electrons. The molecule has 2 unspecified atom stereocenters. The van der Waals surface area contributed by atoms with Gasteiger partial charge in [0.15, 0.2) is 5.65 Å². The first-order valence-electron chi connectivity index (χ1n) is 8.19. The molecule has 7 nitrogen and oxygen atoms in total. The number of rotatable bonds is 3. The highest BCUT2D eigenvalue weighted by Crippen LogP contribution is 2.35. The second-order valence-corrected chi connectivity index (χ2v) is 6.23. The molecular formula is C17H19ClN6O. The SMILES string of the molecule is COc1ncccc1-c1cnn2ccc(N3CCNC4CC43)nc12.Cl. The Morgan fingerprint density at radius 2 is 2.20 bits per heavy atom. The Morgan fingerprint density at radius 1 is 1.28 bits per heavy atom. The number of pyridine rings is 1. The number of piperazine rings is 1. The van der Waals surface area contributed by atoms with Crippen molar-refractivity contribution in [3.8, 4) is 17.0 Å². The van der Waals surface area contributed by atoms with Gasteiger partial charge >= 0.3 is 0 Å². The van der Waals surface area contributed by atoms with Crippen LogP contribution in [-0.4, -0.2) is 51.9 Å². The first-order valence-corrected chi connectivity index (χ1v) is 8.19. The topological polar surface area (TPSA) is 67.6 Å². The minimum atomic E-state index is 0. The highest BCUT2D eigenvalue weighted by molar-refractivity contribution is 5.85. The fourth-order valence-corrected chi connectivity index (χ4v) is 3.53. The van der Waals surface area contributed by atoms with E-state index in [0.717, 1.165) is 35.7 Å². The van der Waals surface area contributed by atoms with Crippen LogP contribution >= 0.6 is 12.4 Å². The van der Waals surface area contributed by atoms with Crippen LogP contribution in [0.3, 0.4) is 0 Å². The van der Waals surface area contributed by atoms with Gasteiger partial charge in [0.2, 0.25) is 5.88 Å². The van der Waals surface area contributed by atoms with E-state index in [1.54, 1.807) is 17.8 Å². The maximum absolute atomic E-state index is 5.39. The van der Waals surface area contributed by atoms with Gasteiger partial charge in [-0.2, -0.15) is 5.10 Å². The molecule has 2 aliphatic rings. The molecular weight excluding hydrogens is 340 g/mol. The number of fused-ring (bicyclic) bond motifs is 2. The average Bonchev–Trinajstić information content (AvgIpc) is 3.32. The Kier molecular flexibility index (Phi) is 3.97. The minimum Gasteiger partial charge on any atom is -0.481 e. The Hall–Kier alpha value is -2.38. The lowest BCUT2D eigenvalue weighted by Crippen LogP contribution is -2.44. The summed E-state index contributed by atoms with van der Waals surface area (Å²) in [5, 5.41) is 7.95. The minimum absolute atomic E-state index is 0. The van der Waals surface area contributed by atoms with Crippen molar-refractivity contribution in [3.05, 3.63) is 36.8 Å². The summed E-state index contributed by atoms with van der Waals surface area (Å²) in [4.78, 5) is 11.6. The molecule has 1 aliphatic heterocycles. The zero-order valence-corrected chi connectivity index (χ0v) is 14.6. The third-order valence-corrected chi connectivity index (χ3v) is 4.82. The summed E-state index contributed by atoms with van der Waals surface area (Å²) in [6.07, 6.45) is 6.73. The van der Waals surface area contributed by atoms with E-state index in [9.17, 15) is 0 Å². The van der Waals surface area contributed by atoms with Crippen LogP contribution < -0.4 is 15.0 Å². The standard InChI is InChI=1S/C17H18N6O.ClH/c1-24-17-11(3-2-5-19-17)12-10-20-23-7-4-15(21-16(12)23)22-8-6-18-13-9-14(13)22;/h2-5,7,10,13-14,18H,6,8-9H2,1H3;1H. The van der Waals surface area contributed by atoms with E-state index in [1.165, 1.54) is 6.42 Å². The molecule has 3 aromatic heterocycles. The van der Waals surface area contributed by atoms with Gasteiger partial charge in [0.05, 0.1) is 18.9 Å². The Labute approximate surface area is 151 Å². The lowest BCUT2D eigenvalue weighted by molar-refractivity contribution is 0.400. The van der Waals surface area contributed by atoms with E-state index in [1.807, 2.05) is 30.6 Å². The van der Waals surface area contributed by atoms with E-state index in [-0.39, 0.29) is 12.4 Å². The van der Waals surface area contributed by atoms with Crippen LogP contribution in [0, 0.1) is 0 Å². The molecule has 0 amide bonds. The molecule has 8 heteroatoms. The number of ether oxygens (including phenoxy) is 1. The van der Waals surface area contributed by atoms with Crippen LogP contribution in [0.15, 0.2) is 36.8 Å². The number of halogens is 1. The molecule has 0 spiro atoms. The summed E-state index contributed by atoms with van der Waals surface area (Å²) >= 11 is 0. The Bertz CT molecular complexity index is 913. The van der Waals surface area contributed by atoms with E-state index >= 15 is 0 Å². The molecule has 1 aliphatic carbocycles. The van der Waals surface area contributed by atoms with Crippen LogP contribution in [0.25, 0.3) is 16.8 Å². The molecule has 2 atom stereocenters. The first kappa shape index (κ1) is 16.1. The zero-order valence-electron chi connectivity index (χ0n) is 13.8. The summed E-state index contributed by atoms with van der Waals surface area (Å²) in [5.41, 5.74) is 2.67. The van der Waals surface area contributed by atoms with Crippen LogP contribution in [-0.2, 0) is 0 Å². The van der Waals surface area contributed by atoms with Gasteiger partial charge in [0, 0.05) is 43.1 Å². The number of hydrogen-bond acceptors (Lipinski definition) is 6. The molecule has 3 aromatic rings. The second-order valence-electron chi connectivity index (χ2n) is 6.23. The summed E-state index contributed by atoms with van der Waals surface area (Å²) < 4.78 is 7.20. The highest BCUT2D eigenvalue weighted by atomic mass is 35.5. The van der Waals surface area contributed by atoms with Crippen LogP contribution in [0.4, 0.5) is 5.82 Å². The number of nitrogens with zero attached hydrogens (tertiary/aromatic N) is 5. The van der Waals surface area contributed by atoms with Crippen LogP contribution in [0.2, 0.25) is 0 Å². The fourth-order valence-electron chi connectivity index (χ4n) is 3.53. The second kappa shape index (κ2) is 6.16. The van der Waals surface area contributed by atoms with Crippen molar-refractivity contribution in [2.75, 3.05) is 25.1 Å². The van der Waals surface area contributed by atoms with Gasteiger partial charge in [-0.1, -0.05) is 0 Å². The van der Waals surface area contributed by atoms with Crippen LogP contribution in [0.1, 0.15) is 6.42 Å². The van der Waals surface area contributed by atoms with Crippen molar-refractivity contribution < 1.29 is 4.74 Å². The molecule has 0 aromatic carbocycles. The normalized spacial score (nSPS) is 21.6. The maximum atomic E-state index is 5.39. The largest absolute Gasteiger partial charge is 0.481 e. The molecule has 1 saturated heterocycles. The van der Waals surface area contributed by atoms with E-state index in [2.05, 4.69) is 20.3 Å². The third kappa shape index (κ3) is 2.60. The van der Waals surface area contributed by atoms with Crippen molar-refractivity contribution in [1.82, 2.24) is 24.9 Å². The van der Waals surface area contributed by atoms with Gasteiger partial charge in [-0.15, -0.1) is 12.4 Å². The van der Waals surface area contributed by atoms with Crippen molar-refractivity contribution in [2.45, 2.75) is 18.5 Å². The Balaban J connectivity index is 0.00000157. The summed E-state index contributed by atoms with van der Waals surface area (Å²) in [6.45, 7) is 2.00. The summed E-state index contributed by atoms with van der Waals surface area (Å²) in [7, 11) is 1.63. The van der Waals surface area contributed by atoms with Gasteiger partial charge in [0.1, 0.15) is 5.82 Å². The van der Waals surface area contributed by atoms with Crippen molar-refractivity contribution in [1.29, 1.82) is 0 Å². The lowest BCUT2D eigenvalue weighted by Gasteiger charge is -2.28. The lowest BCUT2D eigenvalue weighted by atomic mass is 10.1. The number of nitrogens with one attached hydrogen (secondary N) is 1. The molecule has 1 N–H and O–H groups in total. The van der Waals surface area contributed by atoms with Gasteiger partial charge in [-0.05, 0) is 24.6 Å². The molecule has 130 valence electrons. The number of methoxy groups -OCH3 is 1. The third-order valence-electron chi connectivity index (χ3n) is 4.82. The predicted octanol–water partition coefficient (Wildman–Crippen LogP) is 1.77. The molecule has 5 rings (SSSR count). The van der Waals surface area contributed by atoms with E-state index in [0.29, 0.717) is 18.0 Å². The predicted molar refractivity (Wildman–Crippen MR) is 97.6 cm³/mol. The smallest absolute Gasteiger partial charge is 0.221 e. The van der Waals surface area contributed by atoms with Crippen molar-refractivity contribution in [3.63, 3.8) is 0 Å². The van der Waals surface area contributed by atoms with Gasteiger partial charge in [0.25, 0.3) is 0 Å². The molecule has 2 fully saturated rings. The average molecular weight is 359 g/mol. The molecule has 25 heavy (non-hydrogen) atoms. The number of hydrogen-bond donors (Lipinski definition) is 1. The quantitative estimate of drug-likeness (QED) is 0.769. The van der Waals surface area contributed by atoms with E-state index < -0.39 is 0 Å². The van der Waals surface area contributed by atoms with E-state index in [4.69, 9.17) is 9.72 Å². The number of aromatic nitrogens is 4. The molecule has 1 saturated carbocycles.